The van der Waals surface area contributed by atoms with Crippen molar-refractivity contribution >= 4 is 45.2 Å². The van der Waals surface area contributed by atoms with Crippen LogP contribution in [0.2, 0.25) is 0 Å². The summed E-state index contributed by atoms with van der Waals surface area (Å²) in [6, 6.07) is 11.7. The lowest BCUT2D eigenvalue weighted by Crippen LogP contribution is -2.38. The van der Waals surface area contributed by atoms with E-state index in [1.54, 1.807) is 18.3 Å². The summed E-state index contributed by atoms with van der Waals surface area (Å²) in [5.41, 5.74) is 2.84. The minimum atomic E-state index is -0.429. The van der Waals surface area contributed by atoms with E-state index in [0.29, 0.717) is 28.5 Å². The number of nitrogens with one attached hydrogen (secondary N) is 3. The van der Waals surface area contributed by atoms with Crippen LogP contribution in [0.25, 0.3) is 22.0 Å². The molecule has 1 aliphatic heterocycles. The average molecular weight is 472 g/mol. The number of carbonyl (C=O) groups excluding carboxylic acids is 2. The molecule has 0 unspecified atom stereocenters. The van der Waals surface area contributed by atoms with Crippen molar-refractivity contribution in [3.8, 4) is 0 Å². The zero-order valence-electron chi connectivity index (χ0n) is 19.5. The number of nitrogens with zero attached hydrogens (tertiary/aromatic N) is 2. The number of anilines is 2. The number of aromatic nitrogens is 2. The molecule has 1 saturated heterocycles. The summed E-state index contributed by atoms with van der Waals surface area (Å²) in [5.74, 6) is -0.514. The van der Waals surface area contributed by atoms with Crippen LogP contribution in [0.3, 0.4) is 0 Å². The SMILES string of the molecule is O=C(Nc1ccc2cc[nH]c2c1)c1oc2cccnc2c1NC(=O)C1CCC(N2CCCC2)CC1. The monoisotopic (exact) mass is 471 g/mol. The molecule has 4 heterocycles. The molecule has 35 heavy (non-hydrogen) atoms. The molecule has 0 radical (unpaired) electrons. The lowest BCUT2D eigenvalue weighted by atomic mass is 9.85. The first-order valence-electron chi connectivity index (χ1n) is 12.5. The average Bonchev–Trinajstić information content (AvgIpc) is 3.64. The topological polar surface area (TPSA) is 103 Å². The molecule has 3 aromatic heterocycles. The Bertz CT molecular complexity index is 1380. The number of carbonyl (C=O) groups is 2. The molecule has 0 atom stereocenters. The van der Waals surface area contributed by atoms with Gasteiger partial charge in [0.25, 0.3) is 5.91 Å². The molecule has 4 aromatic rings. The molecule has 8 heteroatoms. The lowest BCUT2D eigenvalue weighted by Gasteiger charge is -2.33. The van der Waals surface area contributed by atoms with Gasteiger partial charge in [-0.1, -0.05) is 6.07 Å². The largest absolute Gasteiger partial charge is 0.447 e. The van der Waals surface area contributed by atoms with Gasteiger partial charge >= 0.3 is 0 Å². The van der Waals surface area contributed by atoms with Crippen LogP contribution in [0.4, 0.5) is 11.4 Å². The van der Waals surface area contributed by atoms with E-state index in [-0.39, 0.29) is 17.6 Å². The van der Waals surface area contributed by atoms with Gasteiger partial charge in [0, 0.05) is 35.6 Å². The van der Waals surface area contributed by atoms with E-state index in [1.165, 1.54) is 25.9 Å². The van der Waals surface area contributed by atoms with Crippen LogP contribution in [0.15, 0.2) is 53.2 Å². The quantitative estimate of drug-likeness (QED) is 0.373. The number of hydrogen-bond acceptors (Lipinski definition) is 5. The van der Waals surface area contributed by atoms with Gasteiger partial charge in [-0.2, -0.15) is 0 Å². The van der Waals surface area contributed by atoms with Gasteiger partial charge in [0.15, 0.2) is 5.58 Å². The van der Waals surface area contributed by atoms with Crippen LogP contribution in [0, 0.1) is 5.92 Å². The standard InChI is InChI=1S/C27H29N5O3/c33-26(18-6-9-20(10-7-18)32-14-1-2-15-32)31-24-23-22(4-3-12-29-23)35-25(24)27(34)30-19-8-5-17-11-13-28-21(17)16-19/h3-5,8,11-13,16,18,20,28H,1-2,6-7,9-10,14-15H2,(H,30,34)(H,31,33). The van der Waals surface area contributed by atoms with Gasteiger partial charge in [0.05, 0.1) is 0 Å². The third kappa shape index (κ3) is 4.30. The molecule has 0 bridgehead atoms. The van der Waals surface area contributed by atoms with Gasteiger partial charge in [-0.3, -0.25) is 14.6 Å². The molecule has 0 spiro atoms. The van der Waals surface area contributed by atoms with Crippen LogP contribution in [0.1, 0.15) is 49.1 Å². The predicted octanol–water partition coefficient (Wildman–Crippen LogP) is 5.15. The van der Waals surface area contributed by atoms with Gasteiger partial charge in [-0.15, -0.1) is 0 Å². The number of pyridine rings is 1. The Morgan fingerprint density at radius 3 is 2.69 bits per heavy atom. The maximum atomic E-state index is 13.3. The smallest absolute Gasteiger partial charge is 0.293 e. The predicted molar refractivity (Wildman–Crippen MR) is 135 cm³/mol. The Kier molecular flexibility index (Phi) is 5.74. The Morgan fingerprint density at radius 2 is 1.86 bits per heavy atom. The molecule has 6 rings (SSSR count). The number of likely N-dealkylation sites (tertiary alicyclic amines) is 1. The number of benzene rings is 1. The first-order valence-corrected chi connectivity index (χ1v) is 12.5. The zero-order chi connectivity index (χ0) is 23.8. The second-order valence-corrected chi connectivity index (χ2v) is 9.63. The Hall–Kier alpha value is -3.65. The van der Waals surface area contributed by atoms with Crippen molar-refractivity contribution in [2.24, 2.45) is 5.92 Å². The number of amides is 2. The summed E-state index contributed by atoms with van der Waals surface area (Å²) in [6.45, 7) is 2.37. The van der Waals surface area contributed by atoms with E-state index < -0.39 is 5.91 Å². The van der Waals surface area contributed by atoms with Gasteiger partial charge in [0.1, 0.15) is 11.2 Å². The molecule has 1 aromatic carbocycles. The first kappa shape index (κ1) is 21.9. The highest BCUT2D eigenvalue weighted by molar-refractivity contribution is 6.14. The number of hydrogen-bond donors (Lipinski definition) is 3. The molecular formula is C27H29N5O3. The molecule has 2 amide bonds. The van der Waals surface area contributed by atoms with Gasteiger partial charge < -0.3 is 24.9 Å². The summed E-state index contributed by atoms with van der Waals surface area (Å²) < 4.78 is 5.87. The number of H-pyrrole nitrogens is 1. The van der Waals surface area contributed by atoms with Crippen LogP contribution in [-0.2, 0) is 4.79 Å². The highest BCUT2D eigenvalue weighted by Crippen LogP contribution is 2.34. The van der Waals surface area contributed by atoms with Crippen molar-refractivity contribution in [3.05, 3.63) is 54.6 Å². The fraction of sp³-hybridized carbons (Fsp3) is 0.370. The van der Waals surface area contributed by atoms with Gasteiger partial charge in [-0.25, -0.2) is 0 Å². The summed E-state index contributed by atoms with van der Waals surface area (Å²) in [7, 11) is 0. The minimum Gasteiger partial charge on any atom is -0.447 e. The van der Waals surface area contributed by atoms with Crippen LogP contribution < -0.4 is 10.6 Å². The number of furan rings is 1. The maximum Gasteiger partial charge on any atom is 0.293 e. The molecule has 1 aliphatic carbocycles. The van der Waals surface area contributed by atoms with Crippen molar-refractivity contribution in [1.29, 1.82) is 0 Å². The van der Waals surface area contributed by atoms with Gasteiger partial charge in [-0.05, 0) is 87.3 Å². The normalized spacial score (nSPS) is 20.9. The molecular weight excluding hydrogens is 442 g/mol. The number of aromatic amines is 1. The number of fused-ring (bicyclic) bond motifs is 2. The van der Waals surface area contributed by atoms with E-state index in [4.69, 9.17) is 4.42 Å². The maximum absolute atomic E-state index is 13.3. The van der Waals surface area contributed by atoms with Crippen molar-refractivity contribution in [2.45, 2.75) is 44.6 Å². The second kappa shape index (κ2) is 9.19. The zero-order valence-corrected chi connectivity index (χ0v) is 19.5. The molecule has 8 nitrogen and oxygen atoms in total. The van der Waals surface area contributed by atoms with Crippen LogP contribution >= 0.6 is 0 Å². The van der Waals surface area contributed by atoms with Crippen LogP contribution in [-0.4, -0.2) is 45.8 Å². The van der Waals surface area contributed by atoms with Crippen molar-refractivity contribution in [2.75, 3.05) is 23.7 Å². The highest BCUT2D eigenvalue weighted by atomic mass is 16.3. The van der Waals surface area contributed by atoms with Crippen molar-refractivity contribution in [3.63, 3.8) is 0 Å². The van der Waals surface area contributed by atoms with E-state index in [0.717, 1.165) is 36.6 Å². The first-order chi connectivity index (χ1) is 17.2. The minimum absolute atomic E-state index is 0.0596. The fourth-order valence-electron chi connectivity index (χ4n) is 5.55. The molecule has 180 valence electrons. The molecule has 3 N–H and O–H groups in total. The summed E-state index contributed by atoms with van der Waals surface area (Å²) in [6.07, 6.45) is 9.84. The Morgan fingerprint density at radius 1 is 1.03 bits per heavy atom. The third-order valence-corrected chi connectivity index (χ3v) is 7.44. The van der Waals surface area contributed by atoms with E-state index in [2.05, 4.69) is 25.5 Å². The van der Waals surface area contributed by atoms with Crippen molar-refractivity contribution in [1.82, 2.24) is 14.9 Å². The fourth-order valence-corrected chi connectivity index (χ4v) is 5.55. The third-order valence-electron chi connectivity index (χ3n) is 7.44. The summed E-state index contributed by atoms with van der Waals surface area (Å²) in [4.78, 5) is 36.6. The highest BCUT2D eigenvalue weighted by Gasteiger charge is 2.32. The van der Waals surface area contributed by atoms with Crippen LogP contribution in [0.5, 0.6) is 0 Å². The lowest BCUT2D eigenvalue weighted by molar-refractivity contribution is -0.121. The molecule has 2 aliphatic rings. The molecule has 2 fully saturated rings. The Labute approximate surface area is 203 Å². The van der Waals surface area contributed by atoms with Crippen molar-refractivity contribution < 1.29 is 14.0 Å². The number of rotatable bonds is 5. The molecule has 1 saturated carbocycles. The summed E-state index contributed by atoms with van der Waals surface area (Å²) in [5, 5.41) is 6.96. The van der Waals surface area contributed by atoms with Gasteiger partial charge in [0.2, 0.25) is 11.7 Å². The van der Waals surface area contributed by atoms with E-state index in [9.17, 15) is 9.59 Å². The Balaban J connectivity index is 1.20. The van der Waals surface area contributed by atoms with E-state index in [1.807, 2.05) is 30.5 Å². The summed E-state index contributed by atoms with van der Waals surface area (Å²) >= 11 is 0. The van der Waals surface area contributed by atoms with E-state index >= 15 is 0 Å². The second-order valence-electron chi connectivity index (χ2n) is 9.63.